The number of hydrogen-bond donors (Lipinski definition) is 2. The highest BCUT2D eigenvalue weighted by atomic mass is 32.2. The van der Waals surface area contributed by atoms with Gasteiger partial charge in [-0.15, -0.1) is 0 Å². The molecule has 0 saturated carbocycles. The summed E-state index contributed by atoms with van der Waals surface area (Å²) >= 11 is 1.76. The Kier molecular flexibility index (Phi) is 6.22. The topological polar surface area (TPSA) is 55.5 Å². The zero-order valence-corrected chi connectivity index (χ0v) is 11.2. The molecule has 4 heteroatoms. The Bertz CT molecular complexity index is 314. The van der Waals surface area contributed by atoms with E-state index < -0.39 is 6.10 Å². The lowest BCUT2D eigenvalue weighted by atomic mass is 10.3. The van der Waals surface area contributed by atoms with Crippen LogP contribution in [0.15, 0.2) is 24.3 Å². The summed E-state index contributed by atoms with van der Waals surface area (Å²) in [6.45, 7) is 4.67. The minimum absolute atomic E-state index is 0.328. The van der Waals surface area contributed by atoms with Crippen LogP contribution in [0.4, 0.5) is 5.69 Å². The molecule has 0 heterocycles. The number of benzene rings is 1. The van der Waals surface area contributed by atoms with E-state index in [1.165, 1.54) is 0 Å². The van der Waals surface area contributed by atoms with Crippen molar-refractivity contribution in [3.63, 3.8) is 0 Å². The van der Waals surface area contributed by atoms with E-state index in [-0.39, 0.29) is 0 Å². The van der Waals surface area contributed by atoms with Crippen molar-refractivity contribution in [2.24, 2.45) is 5.92 Å². The number of nitrogens with two attached hydrogens (primary N) is 1. The first-order valence-corrected chi connectivity index (χ1v) is 6.97. The lowest BCUT2D eigenvalue weighted by Crippen LogP contribution is -2.20. The van der Waals surface area contributed by atoms with Gasteiger partial charge in [-0.3, -0.25) is 0 Å². The Morgan fingerprint density at radius 2 is 1.88 bits per heavy atom. The molecule has 1 aromatic rings. The summed E-state index contributed by atoms with van der Waals surface area (Å²) < 4.78 is 5.46. The summed E-state index contributed by atoms with van der Waals surface area (Å²) in [5.74, 6) is 3.18. The first-order chi connectivity index (χ1) is 8.08. The molecule has 1 atom stereocenters. The third kappa shape index (κ3) is 6.44. The summed E-state index contributed by atoms with van der Waals surface area (Å²) in [4.78, 5) is 0. The molecule has 0 saturated heterocycles. The van der Waals surface area contributed by atoms with Gasteiger partial charge in [0.15, 0.2) is 0 Å². The molecule has 0 radical (unpaired) electrons. The second-order valence-electron chi connectivity index (χ2n) is 4.47. The van der Waals surface area contributed by atoms with Crippen molar-refractivity contribution in [2.45, 2.75) is 20.0 Å². The maximum Gasteiger partial charge on any atom is 0.119 e. The highest BCUT2D eigenvalue weighted by molar-refractivity contribution is 7.99. The zero-order valence-electron chi connectivity index (χ0n) is 10.4. The lowest BCUT2D eigenvalue weighted by molar-refractivity contribution is 0.126. The van der Waals surface area contributed by atoms with Crippen LogP contribution < -0.4 is 10.5 Å². The fraction of sp³-hybridized carbons (Fsp3) is 0.538. The summed E-state index contributed by atoms with van der Waals surface area (Å²) in [5, 5.41) is 9.71. The molecule has 0 aliphatic heterocycles. The van der Waals surface area contributed by atoms with Crippen LogP contribution in [0.5, 0.6) is 5.75 Å². The van der Waals surface area contributed by atoms with Crippen molar-refractivity contribution in [3.8, 4) is 5.75 Å². The van der Waals surface area contributed by atoms with E-state index in [0.29, 0.717) is 24.0 Å². The van der Waals surface area contributed by atoms with Crippen molar-refractivity contribution in [1.29, 1.82) is 0 Å². The Labute approximate surface area is 107 Å². The lowest BCUT2D eigenvalue weighted by Gasteiger charge is -2.12. The van der Waals surface area contributed by atoms with Gasteiger partial charge >= 0.3 is 0 Å². The zero-order chi connectivity index (χ0) is 12.7. The highest BCUT2D eigenvalue weighted by Gasteiger charge is 2.06. The third-order valence-electron chi connectivity index (χ3n) is 2.08. The second-order valence-corrected chi connectivity index (χ2v) is 5.54. The average Bonchev–Trinajstić information content (AvgIpc) is 2.28. The van der Waals surface area contributed by atoms with Gasteiger partial charge in [0.2, 0.25) is 0 Å². The predicted molar refractivity (Wildman–Crippen MR) is 74.5 cm³/mol. The van der Waals surface area contributed by atoms with E-state index >= 15 is 0 Å². The smallest absolute Gasteiger partial charge is 0.119 e. The Morgan fingerprint density at radius 3 is 2.47 bits per heavy atom. The molecule has 0 spiro atoms. The van der Waals surface area contributed by atoms with Crippen molar-refractivity contribution in [2.75, 3.05) is 23.8 Å². The second kappa shape index (κ2) is 7.45. The van der Waals surface area contributed by atoms with Gasteiger partial charge in [-0.1, -0.05) is 13.8 Å². The predicted octanol–water partition coefficient (Wildman–Crippen LogP) is 2.40. The van der Waals surface area contributed by atoms with Crippen molar-refractivity contribution >= 4 is 17.4 Å². The van der Waals surface area contributed by atoms with Gasteiger partial charge in [0.1, 0.15) is 12.4 Å². The molecule has 1 unspecified atom stereocenters. The Balaban J connectivity index is 2.19. The summed E-state index contributed by atoms with van der Waals surface area (Å²) in [6, 6.07) is 7.19. The average molecular weight is 255 g/mol. The van der Waals surface area contributed by atoms with Crippen molar-refractivity contribution in [1.82, 2.24) is 0 Å². The van der Waals surface area contributed by atoms with E-state index in [1.54, 1.807) is 23.9 Å². The van der Waals surface area contributed by atoms with Crippen LogP contribution in [0.3, 0.4) is 0 Å². The van der Waals surface area contributed by atoms with Crippen LogP contribution in [0, 0.1) is 5.92 Å². The molecule has 0 amide bonds. The fourth-order valence-electron chi connectivity index (χ4n) is 1.24. The summed E-state index contributed by atoms with van der Waals surface area (Å²) in [5.41, 5.74) is 6.28. The van der Waals surface area contributed by atoms with E-state index in [2.05, 4.69) is 13.8 Å². The molecular weight excluding hydrogens is 234 g/mol. The molecule has 0 bridgehead atoms. The van der Waals surface area contributed by atoms with E-state index in [0.717, 1.165) is 11.5 Å². The number of rotatable bonds is 7. The number of anilines is 1. The number of thioether (sulfide) groups is 1. The van der Waals surface area contributed by atoms with Crippen LogP contribution >= 0.6 is 11.8 Å². The van der Waals surface area contributed by atoms with E-state index in [9.17, 15) is 5.11 Å². The largest absolute Gasteiger partial charge is 0.491 e. The number of aliphatic hydroxyl groups excluding tert-OH is 1. The van der Waals surface area contributed by atoms with Crippen LogP contribution in [-0.2, 0) is 0 Å². The van der Waals surface area contributed by atoms with Crippen molar-refractivity contribution < 1.29 is 9.84 Å². The monoisotopic (exact) mass is 255 g/mol. The summed E-state index contributed by atoms with van der Waals surface area (Å²) in [7, 11) is 0. The molecule has 3 nitrogen and oxygen atoms in total. The third-order valence-corrected chi connectivity index (χ3v) is 3.61. The first-order valence-electron chi connectivity index (χ1n) is 5.82. The molecule has 17 heavy (non-hydrogen) atoms. The Hall–Kier alpha value is -0.870. The molecule has 0 aromatic heterocycles. The quantitative estimate of drug-likeness (QED) is 0.735. The van der Waals surface area contributed by atoms with Gasteiger partial charge in [-0.2, -0.15) is 11.8 Å². The minimum atomic E-state index is -0.420. The van der Waals surface area contributed by atoms with Gasteiger partial charge in [0, 0.05) is 11.4 Å². The number of ether oxygens (including phenoxy) is 1. The highest BCUT2D eigenvalue weighted by Crippen LogP contribution is 2.14. The molecular formula is C13H21NO2S. The van der Waals surface area contributed by atoms with Gasteiger partial charge in [-0.05, 0) is 35.9 Å². The maximum atomic E-state index is 9.71. The van der Waals surface area contributed by atoms with Crippen LogP contribution in [0.2, 0.25) is 0 Å². The minimum Gasteiger partial charge on any atom is -0.491 e. The maximum absolute atomic E-state index is 9.71. The van der Waals surface area contributed by atoms with Gasteiger partial charge < -0.3 is 15.6 Å². The van der Waals surface area contributed by atoms with Gasteiger partial charge in [0.05, 0.1) is 6.10 Å². The molecule has 96 valence electrons. The van der Waals surface area contributed by atoms with E-state index in [4.69, 9.17) is 10.5 Å². The normalized spacial score (nSPS) is 12.7. The molecule has 0 fully saturated rings. The summed E-state index contributed by atoms with van der Waals surface area (Å²) in [6.07, 6.45) is -0.420. The number of hydrogen-bond acceptors (Lipinski definition) is 4. The van der Waals surface area contributed by atoms with Crippen molar-refractivity contribution in [3.05, 3.63) is 24.3 Å². The van der Waals surface area contributed by atoms with E-state index in [1.807, 2.05) is 12.1 Å². The molecule has 0 aliphatic carbocycles. The number of aliphatic hydroxyl groups is 1. The molecule has 3 N–H and O–H groups in total. The molecule has 1 aromatic carbocycles. The molecule has 0 aliphatic rings. The van der Waals surface area contributed by atoms with Crippen LogP contribution in [0.1, 0.15) is 13.8 Å². The fourth-order valence-corrected chi connectivity index (χ4v) is 2.22. The Morgan fingerprint density at radius 1 is 1.24 bits per heavy atom. The standard InChI is InChI=1S/C13H21NO2S/c1-10(2)8-17-9-12(15)7-16-13-5-3-11(14)4-6-13/h3-6,10,12,15H,7-9,14H2,1-2H3. The number of nitrogen functional groups attached to an aromatic ring is 1. The van der Waals surface area contributed by atoms with Gasteiger partial charge in [-0.25, -0.2) is 0 Å². The van der Waals surface area contributed by atoms with Crippen LogP contribution in [-0.4, -0.2) is 29.3 Å². The van der Waals surface area contributed by atoms with Gasteiger partial charge in [0.25, 0.3) is 0 Å². The van der Waals surface area contributed by atoms with Crippen LogP contribution in [0.25, 0.3) is 0 Å². The first kappa shape index (κ1) is 14.2. The molecule has 1 rings (SSSR count). The SMILES string of the molecule is CC(C)CSCC(O)COc1ccc(N)cc1.